The van der Waals surface area contributed by atoms with Gasteiger partial charge in [-0.2, -0.15) is 0 Å². The zero-order chi connectivity index (χ0) is 26.1. The Morgan fingerprint density at radius 3 is 1.89 bits per heavy atom. The summed E-state index contributed by atoms with van der Waals surface area (Å²) in [5.41, 5.74) is 11.7. The van der Waals surface area contributed by atoms with Crippen molar-refractivity contribution in [2.45, 2.75) is 67.1 Å². The van der Waals surface area contributed by atoms with Crippen LogP contribution in [0.1, 0.15) is 67.3 Å². The quantitative estimate of drug-likeness (QED) is 0.277. The van der Waals surface area contributed by atoms with E-state index in [1.165, 1.54) is 50.4 Å². The maximum atomic E-state index is 3.93. The highest BCUT2D eigenvalue weighted by molar-refractivity contribution is 6.65. The molecule has 0 spiro atoms. The van der Waals surface area contributed by atoms with Gasteiger partial charge in [-0.1, -0.05) is 87.4 Å². The summed E-state index contributed by atoms with van der Waals surface area (Å²) >= 11 is 0. The van der Waals surface area contributed by atoms with Crippen LogP contribution < -0.4 is 15.3 Å². The van der Waals surface area contributed by atoms with Crippen LogP contribution in [0.25, 0.3) is 11.4 Å². The van der Waals surface area contributed by atoms with E-state index in [4.69, 9.17) is 0 Å². The first-order chi connectivity index (χ1) is 17.1. The van der Waals surface area contributed by atoms with Crippen LogP contribution in [0.3, 0.4) is 0 Å². The predicted molar refractivity (Wildman–Crippen MR) is 156 cm³/mol. The highest BCUT2D eigenvalue weighted by Crippen LogP contribution is 2.38. The zero-order valence-corrected chi connectivity index (χ0v) is 23.5. The number of rotatable bonds is 7. The Balaban J connectivity index is 1.91. The van der Waals surface area contributed by atoms with E-state index < -0.39 is 0 Å². The van der Waals surface area contributed by atoms with E-state index in [0.29, 0.717) is 11.8 Å². The van der Waals surface area contributed by atoms with Gasteiger partial charge in [-0.15, -0.1) is 0 Å². The molecule has 1 heterocycles. The second kappa shape index (κ2) is 10.4. The first-order valence-corrected chi connectivity index (χ1v) is 13.2. The molecule has 0 saturated heterocycles. The van der Waals surface area contributed by atoms with Gasteiger partial charge in [0.15, 0.2) is 0 Å². The number of para-hydroxylation sites is 1. The molecule has 0 unspecified atom stereocenters. The average Bonchev–Trinajstić information content (AvgIpc) is 3.19. The molecule has 0 radical (unpaired) electrons. The van der Waals surface area contributed by atoms with Gasteiger partial charge in [-0.05, 0) is 67.6 Å². The fourth-order valence-corrected chi connectivity index (χ4v) is 5.64. The van der Waals surface area contributed by atoms with Crippen LogP contribution in [-0.4, -0.2) is 11.4 Å². The molecule has 4 rings (SSSR count). The molecular formula is C32H41BN3+. The fourth-order valence-electron chi connectivity index (χ4n) is 5.64. The largest absolute Gasteiger partial charge is 0.409 e. The minimum atomic E-state index is 0.212. The summed E-state index contributed by atoms with van der Waals surface area (Å²) in [6.45, 7) is 18.3. The third kappa shape index (κ3) is 4.74. The first kappa shape index (κ1) is 25.8. The Labute approximate surface area is 218 Å². The third-order valence-electron chi connectivity index (χ3n) is 7.54. The fraction of sp³-hybridized carbons (Fsp3) is 0.344. The topological polar surface area (TPSA) is 20.8 Å². The molecule has 3 nitrogen and oxygen atoms in total. The van der Waals surface area contributed by atoms with Gasteiger partial charge in [0, 0.05) is 5.69 Å². The molecule has 0 fully saturated rings. The lowest BCUT2D eigenvalue weighted by atomic mass is 9.55. The molecule has 0 atom stereocenters. The molecule has 186 valence electrons. The first-order valence-electron chi connectivity index (χ1n) is 13.2. The van der Waals surface area contributed by atoms with Crippen LogP contribution in [-0.2, 0) is 7.05 Å². The van der Waals surface area contributed by atoms with Crippen molar-refractivity contribution in [3.63, 3.8) is 0 Å². The number of anilines is 2. The number of imidazole rings is 1. The molecule has 0 aliphatic rings. The van der Waals surface area contributed by atoms with Crippen molar-refractivity contribution in [2.24, 2.45) is 7.05 Å². The number of nitrogens with zero attached hydrogens (tertiary/aromatic N) is 2. The summed E-state index contributed by atoms with van der Waals surface area (Å²) in [6, 6.07) is 19.9. The second-order valence-electron chi connectivity index (χ2n) is 10.9. The summed E-state index contributed by atoms with van der Waals surface area (Å²) in [7, 11) is 2.15. The van der Waals surface area contributed by atoms with E-state index in [1.54, 1.807) is 0 Å². The Morgan fingerprint density at radius 1 is 0.778 bits per heavy atom. The maximum Gasteiger partial charge on any atom is 0.409 e. The van der Waals surface area contributed by atoms with Crippen molar-refractivity contribution < 1.29 is 4.48 Å². The zero-order valence-electron chi connectivity index (χ0n) is 23.5. The Bertz CT molecular complexity index is 1330. The minimum Gasteiger partial charge on any atom is -0.354 e. The standard InChI is InChI=1S/C32H40BN3/c1-21(2)26-16-12-17-27(22(3)4)31(26)34-28-18-11-13-23(5)29(28)32-35(9)19-20-36(32)33(8)30-24(6)14-10-15-25(30)7/h10-22H,1-9H3/p+1. The Morgan fingerprint density at radius 2 is 1.31 bits per heavy atom. The highest BCUT2D eigenvalue weighted by Gasteiger charge is 2.31. The lowest BCUT2D eigenvalue weighted by Crippen LogP contribution is -2.58. The average molecular weight is 479 g/mol. The molecule has 0 bridgehead atoms. The number of benzene rings is 3. The minimum absolute atomic E-state index is 0.212. The van der Waals surface area contributed by atoms with Gasteiger partial charge < -0.3 is 5.32 Å². The highest BCUT2D eigenvalue weighted by atomic mass is 15.1. The van der Waals surface area contributed by atoms with Crippen molar-refractivity contribution in [3.8, 4) is 11.4 Å². The van der Waals surface area contributed by atoms with E-state index in [9.17, 15) is 0 Å². The summed E-state index contributed by atoms with van der Waals surface area (Å²) in [5, 5.41) is 3.93. The molecule has 0 aliphatic carbocycles. The third-order valence-corrected chi connectivity index (χ3v) is 7.54. The van der Waals surface area contributed by atoms with Crippen LogP contribution in [0.2, 0.25) is 6.82 Å². The maximum absolute atomic E-state index is 3.93. The number of hydrogen-bond donors (Lipinski definition) is 1. The Hall–Kier alpha value is -3.27. The van der Waals surface area contributed by atoms with Crippen molar-refractivity contribution >= 4 is 23.7 Å². The van der Waals surface area contributed by atoms with Crippen molar-refractivity contribution in [3.05, 3.63) is 94.8 Å². The van der Waals surface area contributed by atoms with Gasteiger partial charge in [0.05, 0.1) is 18.3 Å². The number of nitrogens with one attached hydrogen (secondary N) is 1. The number of aromatic nitrogens is 2. The number of hydrogen-bond acceptors (Lipinski definition) is 1. The van der Waals surface area contributed by atoms with E-state index in [1.807, 2.05) is 0 Å². The van der Waals surface area contributed by atoms with E-state index in [2.05, 4.69) is 144 Å². The van der Waals surface area contributed by atoms with Crippen molar-refractivity contribution in [2.75, 3.05) is 5.32 Å². The van der Waals surface area contributed by atoms with Gasteiger partial charge in [0.1, 0.15) is 12.4 Å². The molecule has 0 aliphatic heterocycles. The summed E-state index contributed by atoms with van der Waals surface area (Å²) in [4.78, 5) is 0. The van der Waals surface area contributed by atoms with E-state index in [-0.39, 0.29) is 6.85 Å². The van der Waals surface area contributed by atoms with Crippen LogP contribution in [0, 0.1) is 20.8 Å². The molecular weight excluding hydrogens is 437 g/mol. The smallest absolute Gasteiger partial charge is 0.354 e. The monoisotopic (exact) mass is 478 g/mol. The van der Waals surface area contributed by atoms with Crippen LogP contribution >= 0.6 is 0 Å². The van der Waals surface area contributed by atoms with Gasteiger partial charge in [0.25, 0.3) is 5.82 Å². The van der Waals surface area contributed by atoms with Gasteiger partial charge in [-0.25, -0.2) is 4.57 Å². The molecule has 4 aromatic rings. The van der Waals surface area contributed by atoms with Gasteiger partial charge in [0.2, 0.25) is 0 Å². The summed E-state index contributed by atoms with van der Waals surface area (Å²) in [5.74, 6) is 2.07. The summed E-state index contributed by atoms with van der Waals surface area (Å²) < 4.78 is 4.69. The van der Waals surface area contributed by atoms with E-state index in [0.717, 1.165) is 5.69 Å². The molecule has 36 heavy (non-hydrogen) atoms. The van der Waals surface area contributed by atoms with Crippen LogP contribution in [0.4, 0.5) is 11.4 Å². The van der Waals surface area contributed by atoms with Crippen molar-refractivity contribution in [1.82, 2.24) is 4.57 Å². The second-order valence-corrected chi connectivity index (χ2v) is 10.9. The van der Waals surface area contributed by atoms with Gasteiger partial charge >= 0.3 is 6.85 Å². The van der Waals surface area contributed by atoms with Crippen LogP contribution in [0.15, 0.2) is 67.0 Å². The molecule has 4 heteroatoms. The van der Waals surface area contributed by atoms with Crippen LogP contribution in [0.5, 0.6) is 0 Å². The van der Waals surface area contributed by atoms with E-state index >= 15 is 0 Å². The molecule has 0 amide bonds. The molecule has 1 N–H and O–H groups in total. The number of aryl methyl sites for hydroxylation is 4. The normalized spacial score (nSPS) is 11.4. The molecule has 1 aromatic heterocycles. The summed E-state index contributed by atoms with van der Waals surface area (Å²) in [6.07, 6.45) is 4.40. The molecule has 3 aromatic carbocycles. The predicted octanol–water partition coefficient (Wildman–Crippen LogP) is 7.27. The van der Waals surface area contributed by atoms with Crippen molar-refractivity contribution in [1.29, 1.82) is 0 Å². The SMILES string of the molecule is CB(c1c(C)cccc1C)[n+]1ccn(C)c1-c1c(C)cccc1Nc1c(C(C)C)cccc1C(C)C. The Kier molecular flexibility index (Phi) is 7.45. The lowest BCUT2D eigenvalue weighted by Gasteiger charge is -2.23. The van der Waals surface area contributed by atoms with Gasteiger partial charge in [-0.3, -0.25) is 4.48 Å². The molecule has 0 saturated carbocycles. The lowest BCUT2D eigenvalue weighted by molar-refractivity contribution is -0.521.